The number of imidazole rings is 1. The Labute approximate surface area is 149 Å². The number of hydrogen-bond acceptors (Lipinski definition) is 1. The second-order valence-corrected chi connectivity index (χ2v) is 6.48. The van der Waals surface area contributed by atoms with E-state index in [0.717, 1.165) is 34.5 Å². The molecular weight excluding hydrogens is 304 g/mol. The summed E-state index contributed by atoms with van der Waals surface area (Å²) in [5.74, 6) is 1.57. The molecule has 2 aromatic carbocycles. The van der Waals surface area contributed by atoms with E-state index in [1.165, 1.54) is 0 Å². The molecule has 0 atom stereocenters. The second kappa shape index (κ2) is 7.80. The van der Waals surface area contributed by atoms with Crippen LogP contribution in [0.4, 0.5) is 0 Å². The number of aromatic nitrogens is 2. The van der Waals surface area contributed by atoms with Crippen LogP contribution in [-0.2, 0) is 0 Å². The van der Waals surface area contributed by atoms with Crippen molar-refractivity contribution in [1.29, 1.82) is 0 Å². The molecule has 2 nitrogen and oxygen atoms in total. The molecule has 126 valence electrons. The fourth-order valence-electron chi connectivity index (χ4n) is 2.86. The van der Waals surface area contributed by atoms with Gasteiger partial charge in [0.1, 0.15) is 5.82 Å². The maximum Gasteiger partial charge on any atom is 0.145 e. The minimum absolute atomic E-state index is 0.633. The van der Waals surface area contributed by atoms with Gasteiger partial charge in [-0.25, -0.2) is 4.98 Å². The van der Waals surface area contributed by atoms with Gasteiger partial charge in [-0.2, -0.15) is 0 Å². The zero-order chi connectivity index (χ0) is 17.6. The van der Waals surface area contributed by atoms with Crippen molar-refractivity contribution in [2.24, 2.45) is 5.92 Å². The number of para-hydroxylation sites is 3. The van der Waals surface area contributed by atoms with Gasteiger partial charge in [0.15, 0.2) is 0 Å². The number of fused-ring (bicyclic) bond motifs is 1. The molecule has 2 heteroatoms. The van der Waals surface area contributed by atoms with Crippen LogP contribution in [0.15, 0.2) is 85.5 Å². The minimum atomic E-state index is 0.633. The van der Waals surface area contributed by atoms with Crippen LogP contribution in [0.2, 0.25) is 0 Å². The van der Waals surface area contributed by atoms with Crippen molar-refractivity contribution >= 4 is 16.6 Å². The van der Waals surface area contributed by atoms with E-state index in [9.17, 15) is 0 Å². The first kappa shape index (κ1) is 17.0. The lowest BCUT2D eigenvalue weighted by molar-refractivity contribution is 0.664. The third-order valence-corrected chi connectivity index (χ3v) is 4.04. The third kappa shape index (κ3) is 3.80. The smallest absolute Gasteiger partial charge is 0.145 e. The zero-order valence-electron chi connectivity index (χ0n) is 14.9. The quantitative estimate of drug-likeness (QED) is 0.493. The average molecular weight is 328 g/mol. The van der Waals surface area contributed by atoms with Crippen LogP contribution in [0.3, 0.4) is 0 Å². The predicted molar refractivity (Wildman–Crippen MR) is 108 cm³/mol. The van der Waals surface area contributed by atoms with Gasteiger partial charge in [-0.05, 0) is 36.6 Å². The van der Waals surface area contributed by atoms with Crippen molar-refractivity contribution in [2.75, 3.05) is 0 Å². The molecule has 0 aliphatic rings. The van der Waals surface area contributed by atoms with Crippen LogP contribution >= 0.6 is 0 Å². The first-order valence-electron chi connectivity index (χ1n) is 8.73. The molecule has 0 aliphatic carbocycles. The van der Waals surface area contributed by atoms with Crippen LogP contribution in [0, 0.1) is 5.92 Å². The monoisotopic (exact) mass is 328 g/mol. The Bertz CT molecular complexity index is 912. The first-order chi connectivity index (χ1) is 12.2. The molecule has 25 heavy (non-hydrogen) atoms. The highest BCUT2D eigenvalue weighted by Gasteiger charge is 2.14. The van der Waals surface area contributed by atoms with E-state index < -0.39 is 0 Å². The first-order valence-corrected chi connectivity index (χ1v) is 8.73. The van der Waals surface area contributed by atoms with Gasteiger partial charge in [0.2, 0.25) is 0 Å². The Kier molecular flexibility index (Phi) is 5.30. The Morgan fingerprint density at radius 1 is 1.08 bits per heavy atom. The number of nitrogens with zero attached hydrogens (tertiary/aromatic N) is 2. The van der Waals surface area contributed by atoms with Crippen LogP contribution < -0.4 is 0 Å². The van der Waals surface area contributed by atoms with Gasteiger partial charge in [0.25, 0.3) is 0 Å². The number of hydrogen-bond donors (Lipinski definition) is 0. The molecule has 0 saturated carbocycles. The third-order valence-electron chi connectivity index (χ3n) is 4.04. The highest BCUT2D eigenvalue weighted by atomic mass is 15.1. The predicted octanol–water partition coefficient (Wildman–Crippen LogP) is 6.20. The van der Waals surface area contributed by atoms with E-state index in [4.69, 9.17) is 4.98 Å². The number of allylic oxidation sites excluding steroid dienone is 5. The average Bonchev–Trinajstić information content (AvgIpc) is 3.01. The molecule has 0 radical (unpaired) electrons. The highest BCUT2D eigenvalue weighted by molar-refractivity contribution is 5.84. The van der Waals surface area contributed by atoms with Gasteiger partial charge in [0.05, 0.1) is 11.0 Å². The van der Waals surface area contributed by atoms with E-state index in [-0.39, 0.29) is 0 Å². The molecule has 0 bridgehead atoms. The summed E-state index contributed by atoms with van der Waals surface area (Å²) in [5, 5.41) is 0. The molecule has 0 saturated heterocycles. The summed E-state index contributed by atoms with van der Waals surface area (Å²) in [7, 11) is 0. The molecule has 3 rings (SSSR count). The number of benzene rings is 2. The fourth-order valence-corrected chi connectivity index (χ4v) is 2.86. The van der Waals surface area contributed by atoms with Crippen LogP contribution in [0.25, 0.3) is 22.3 Å². The fraction of sp³-hybridized carbons (Fsp3) is 0.174. The summed E-state index contributed by atoms with van der Waals surface area (Å²) in [6.45, 7) is 8.32. The van der Waals surface area contributed by atoms with Crippen molar-refractivity contribution in [3.63, 3.8) is 0 Å². The Balaban J connectivity index is 2.18. The summed E-state index contributed by atoms with van der Waals surface area (Å²) in [5.41, 5.74) is 4.28. The van der Waals surface area contributed by atoms with E-state index in [0.29, 0.717) is 5.92 Å². The lowest BCUT2D eigenvalue weighted by Gasteiger charge is -2.10. The molecule has 0 amide bonds. The van der Waals surface area contributed by atoms with Gasteiger partial charge in [-0.1, -0.05) is 75.1 Å². The van der Waals surface area contributed by atoms with E-state index >= 15 is 0 Å². The van der Waals surface area contributed by atoms with Gasteiger partial charge in [-0.3, -0.25) is 4.57 Å². The lowest BCUT2D eigenvalue weighted by Crippen LogP contribution is -2.00. The lowest BCUT2D eigenvalue weighted by atomic mass is 10.1. The van der Waals surface area contributed by atoms with Crippen LogP contribution in [0.5, 0.6) is 0 Å². The highest BCUT2D eigenvalue weighted by Crippen LogP contribution is 2.27. The standard InChI is InChI=1S/C23H24N2/c1-4-11-19(13-10-12-18(2)3)23-24-21-16-8-9-17-22(21)25(23)20-14-6-5-7-15-20/h4-11,13-18H,1,12H2,2-3H3/b13-10?,19-11+. The summed E-state index contributed by atoms with van der Waals surface area (Å²) in [6.07, 6.45) is 9.26. The van der Waals surface area contributed by atoms with E-state index in [1.807, 2.05) is 24.3 Å². The normalized spacial score (nSPS) is 12.4. The van der Waals surface area contributed by atoms with Crippen molar-refractivity contribution < 1.29 is 0 Å². The molecule has 0 fully saturated rings. The molecule has 0 spiro atoms. The van der Waals surface area contributed by atoms with Crippen LogP contribution in [-0.4, -0.2) is 9.55 Å². The van der Waals surface area contributed by atoms with Crippen molar-refractivity contribution in [2.45, 2.75) is 20.3 Å². The molecule has 3 aromatic rings. The van der Waals surface area contributed by atoms with E-state index in [1.54, 1.807) is 0 Å². The molecular formula is C23H24N2. The maximum atomic E-state index is 4.90. The number of rotatable bonds is 6. The van der Waals surface area contributed by atoms with Gasteiger partial charge < -0.3 is 0 Å². The Morgan fingerprint density at radius 3 is 2.52 bits per heavy atom. The molecule has 1 heterocycles. The van der Waals surface area contributed by atoms with Crippen molar-refractivity contribution in [3.8, 4) is 5.69 Å². The van der Waals surface area contributed by atoms with Gasteiger partial charge in [0, 0.05) is 11.3 Å². The minimum Gasteiger partial charge on any atom is -0.292 e. The topological polar surface area (TPSA) is 17.8 Å². The summed E-state index contributed by atoms with van der Waals surface area (Å²) >= 11 is 0. The zero-order valence-corrected chi connectivity index (χ0v) is 14.9. The van der Waals surface area contributed by atoms with Crippen LogP contribution in [0.1, 0.15) is 26.1 Å². The SMILES string of the molecule is C=C/C=C(\C=CCC(C)C)c1nc2ccccc2n1-c1ccccc1. The van der Waals surface area contributed by atoms with Gasteiger partial charge >= 0.3 is 0 Å². The van der Waals surface area contributed by atoms with Crippen molar-refractivity contribution in [3.05, 3.63) is 91.3 Å². The largest absolute Gasteiger partial charge is 0.292 e. The second-order valence-electron chi connectivity index (χ2n) is 6.48. The molecule has 0 aliphatic heterocycles. The molecule has 0 N–H and O–H groups in total. The molecule has 1 aromatic heterocycles. The Morgan fingerprint density at radius 2 is 1.80 bits per heavy atom. The maximum absolute atomic E-state index is 4.90. The Hall–Kier alpha value is -2.87. The van der Waals surface area contributed by atoms with E-state index in [2.05, 4.69) is 79.6 Å². The van der Waals surface area contributed by atoms with Crippen molar-refractivity contribution in [1.82, 2.24) is 9.55 Å². The summed E-state index contributed by atoms with van der Waals surface area (Å²) < 4.78 is 2.21. The van der Waals surface area contributed by atoms with Gasteiger partial charge in [-0.15, -0.1) is 0 Å². The summed E-state index contributed by atoms with van der Waals surface area (Å²) in [4.78, 5) is 4.90. The molecule has 0 unspecified atom stereocenters. The summed E-state index contributed by atoms with van der Waals surface area (Å²) in [6, 6.07) is 18.6.